The minimum Gasteiger partial charge on any atom is -0.384 e. The van der Waals surface area contributed by atoms with E-state index in [-0.39, 0.29) is 11.7 Å². The van der Waals surface area contributed by atoms with Crippen LogP contribution in [0.1, 0.15) is 38.7 Å². The summed E-state index contributed by atoms with van der Waals surface area (Å²) in [7, 11) is 0. The van der Waals surface area contributed by atoms with Crippen molar-refractivity contribution >= 4 is 23.6 Å². The van der Waals surface area contributed by atoms with Gasteiger partial charge in [-0.1, -0.05) is 18.2 Å². The average Bonchev–Trinajstić information content (AvgIpc) is 3.34. The van der Waals surface area contributed by atoms with Gasteiger partial charge in [0, 0.05) is 18.4 Å². The molecule has 5 rings (SSSR count). The maximum absolute atomic E-state index is 13.2. The monoisotopic (exact) mass is 444 g/mol. The van der Waals surface area contributed by atoms with Crippen molar-refractivity contribution in [1.29, 1.82) is 0 Å². The summed E-state index contributed by atoms with van der Waals surface area (Å²) in [6.45, 7) is 3.16. The number of aryl methyl sites for hydroxylation is 1. The third kappa shape index (κ3) is 4.36. The first-order chi connectivity index (χ1) is 15.9. The minimum atomic E-state index is -0.367. The molecule has 0 bridgehead atoms. The number of hydrogen-bond donors (Lipinski definition) is 2. The van der Waals surface area contributed by atoms with Gasteiger partial charge in [-0.3, -0.25) is 14.5 Å². The summed E-state index contributed by atoms with van der Waals surface area (Å²) in [5, 5.41) is 6.85. The smallest absolute Gasteiger partial charge is 0.271 e. The maximum Gasteiger partial charge on any atom is 0.271 e. The van der Waals surface area contributed by atoms with Crippen molar-refractivity contribution in [2.45, 2.75) is 26.6 Å². The van der Waals surface area contributed by atoms with Crippen LogP contribution in [-0.4, -0.2) is 36.4 Å². The number of hydrogen-bond acceptors (Lipinski definition) is 6. The van der Waals surface area contributed by atoms with Crippen LogP contribution in [0.4, 0.5) is 15.9 Å². The van der Waals surface area contributed by atoms with Crippen molar-refractivity contribution in [2.24, 2.45) is 4.99 Å². The topological polar surface area (TPSA) is 116 Å². The first kappa shape index (κ1) is 20.6. The molecule has 0 saturated carbocycles. The van der Waals surface area contributed by atoms with E-state index in [0.717, 1.165) is 28.1 Å². The minimum absolute atomic E-state index is 0.276. The number of halogens is 1. The van der Waals surface area contributed by atoms with E-state index in [1.54, 1.807) is 18.5 Å². The van der Waals surface area contributed by atoms with Gasteiger partial charge in [0.05, 0.1) is 37.4 Å². The summed E-state index contributed by atoms with van der Waals surface area (Å²) in [4.78, 5) is 25.9. The fraction of sp³-hybridized carbons (Fsp3) is 0.174. The lowest BCUT2D eigenvalue weighted by Crippen LogP contribution is -2.23. The lowest BCUT2D eigenvalue weighted by molar-refractivity contribution is 0.0946. The van der Waals surface area contributed by atoms with E-state index in [1.165, 1.54) is 17.1 Å². The molecule has 0 unspecified atom stereocenters. The molecule has 0 aliphatic carbocycles. The second-order valence-corrected chi connectivity index (χ2v) is 7.85. The molecule has 10 heteroatoms. The summed E-state index contributed by atoms with van der Waals surface area (Å²) in [6, 6.07) is 9.45. The molecule has 0 radical (unpaired) electrons. The highest BCUT2D eigenvalue weighted by atomic mass is 19.1. The van der Waals surface area contributed by atoms with Gasteiger partial charge in [-0.05, 0) is 35.7 Å². The molecule has 0 spiro atoms. The molecule has 1 aromatic carbocycles. The third-order valence-electron chi connectivity index (χ3n) is 5.45. The highest BCUT2D eigenvalue weighted by Crippen LogP contribution is 2.25. The molecular weight excluding hydrogens is 423 g/mol. The Bertz CT molecular complexity index is 1390. The number of rotatable bonds is 5. The molecular formula is C23H21FN8O. The quantitative estimate of drug-likeness (QED) is 0.432. The number of nitrogens with one attached hydrogen (secondary N) is 1. The number of nitrogens with two attached hydrogens (primary N) is 1. The normalized spacial score (nSPS) is 12.2. The Morgan fingerprint density at radius 1 is 1.21 bits per heavy atom. The lowest BCUT2D eigenvalue weighted by Gasteiger charge is -2.08. The Morgan fingerprint density at radius 2 is 2.09 bits per heavy atom. The second kappa shape index (κ2) is 8.30. The van der Waals surface area contributed by atoms with Crippen LogP contribution in [-0.2, 0) is 19.6 Å². The zero-order valence-electron chi connectivity index (χ0n) is 17.9. The molecule has 0 saturated heterocycles. The zero-order valence-corrected chi connectivity index (χ0v) is 17.9. The number of imidazole rings is 1. The molecule has 33 heavy (non-hydrogen) atoms. The van der Waals surface area contributed by atoms with E-state index >= 15 is 0 Å². The molecule has 0 fully saturated rings. The van der Waals surface area contributed by atoms with Crippen molar-refractivity contribution in [2.75, 3.05) is 5.73 Å². The van der Waals surface area contributed by atoms with Gasteiger partial charge in [0.2, 0.25) is 0 Å². The van der Waals surface area contributed by atoms with Gasteiger partial charge in [-0.15, -0.1) is 0 Å². The van der Waals surface area contributed by atoms with Crippen LogP contribution >= 0.6 is 0 Å². The molecule has 4 aromatic rings. The second-order valence-electron chi connectivity index (χ2n) is 7.85. The van der Waals surface area contributed by atoms with Crippen molar-refractivity contribution in [3.05, 3.63) is 88.6 Å². The van der Waals surface area contributed by atoms with Gasteiger partial charge in [-0.25, -0.2) is 14.4 Å². The number of pyridine rings is 1. The van der Waals surface area contributed by atoms with Gasteiger partial charge >= 0.3 is 0 Å². The number of fused-ring (bicyclic) bond motifs is 2. The number of benzene rings is 1. The number of aromatic nitrogens is 5. The van der Waals surface area contributed by atoms with Gasteiger partial charge in [0.1, 0.15) is 11.5 Å². The summed E-state index contributed by atoms with van der Waals surface area (Å²) in [6.07, 6.45) is 5.90. The predicted molar refractivity (Wildman–Crippen MR) is 121 cm³/mol. The Hall–Kier alpha value is -4.34. The standard InChI is InChI=1S/C23H21FN8O/c1-14-16(4-5-21(25)29-14)7-27-23(33)20-13-31-11-17-3-2-15(10-32-12-18(24)8-28-32)6-19(17)26-9-22(31)30-20/h2-6,8-9,12-13H,7,10-11H2,1H3,(H2,25,29)(H,27,33). The molecule has 0 atom stereocenters. The van der Waals surface area contributed by atoms with Crippen molar-refractivity contribution in [1.82, 2.24) is 29.6 Å². The van der Waals surface area contributed by atoms with Gasteiger partial charge in [0.15, 0.2) is 11.6 Å². The van der Waals surface area contributed by atoms with E-state index in [9.17, 15) is 9.18 Å². The predicted octanol–water partition coefficient (Wildman–Crippen LogP) is 2.59. The Balaban J connectivity index is 1.30. The summed E-state index contributed by atoms with van der Waals surface area (Å²) in [5.74, 6) is 0.398. The summed E-state index contributed by atoms with van der Waals surface area (Å²) >= 11 is 0. The van der Waals surface area contributed by atoms with Crippen LogP contribution < -0.4 is 11.1 Å². The fourth-order valence-electron chi connectivity index (χ4n) is 3.72. The summed E-state index contributed by atoms with van der Waals surface area (Å²) in [5.41, 5.74) is 10.4. The van der Waals surface area contributed by atoms with Crippen molar-refractivity contribution in [3.63, 3.8) is 0 Å². The molecule has 1 amide bonds. The molecule has 4 heterocycles. The van der Waals surface area contributed by atoms with E-state index < -0.39 is 0 Å². The number of nitrogen functional groups attached to an aromatic ring is 1. The highest BCUT2D eigenvalue weighted by molar-refractivity contribution is 5.93. The number of carbonyl (C=O) groups excluding carboxylic acids is 1. The molecule has 1 aliphatic rings. The van der Waals surface area contributed by atoms with E-state index in [0.29, 0.717) is 37.0 Å². The SMILES string of the molecule is Cc1nc(N)ccc1CNC(=O)c1cn2c(n1)C=Nc1cc(Cn3cc(F)cn3)ccc1C2. The van der Waals surface area contributed by atoms with Crippen LogP contribution in [0.25, 0.3) is 0 Å². The van der Waals surface area contributed by atoms with E-state index in [2.05, 4.69) is 25.4 Å². The Morgan fingerprint density at radius 3 is 2.88 bits per heavy atom. The van der Waals surface area contributed by atoms with Crippen molar-refractivity contribution in [3.8, 4) is 0 Å². The van der Waals surface area contributed by atoms with E-state index in [4.69, 9.17) is 5.73 Å². The largest absolute Gasteiger partial charge is 0.384 e. The number of nitrogens with zero attached hydrogens (tertiary/aromatic N) is 6. The first-order valence-corrected chi connectivity index (χ1v) is 10.4. The Labute approximate surface area is 188 Å². The van der Waals surface area contributed by atoms with Crippen LogP contribution in [0.15, 0.2) is 53.9 Å². The lowest BCUT2D eigenvalue weighted by atomic mass is 10.1. The van der Waals surface area contributed by atoms with E-state index in [1.807, 2.05) is 35.8 Å². The molecule has 166 valence electrons. The molecule has 3 N–H and O–H groups in total. The van der Waals surface area contributed by atoms with Gasteiger partial charge in [0.25, 0.3) is 5.91 Å². The average molecular weight is 444 g/mol. The van der Waals surface area contributed by atoms with Crippen LogP contribution in [0.5, 0.6) is 0 Å². The fourth-order valence-corrected chi connectivity index (χ4v) is 3.72. The molecule has 3 aromatic heterocycles. The van der Waals surface area contributed by atoms with Crippen molar-refractivity contribution < 1.29 is 9.18 Å². The number of anilines is 1. The van der Waals surface area contributed by atoms with Crippen LogP contribution in [0.3, 0.4) is 0 Å². The van der Waals surface area contributed by atoms with Gasteiger partial charge in [-0.2, -0.15) is 5.10 Å². The van der Waals surface area contributed by atoms with Crippen LogP contribution in [0.2, 0.25) is 0 Å². The Kier molecular flexibility index (Phi) is 5.17. The molecule has 1 aliphatic heterocycles. The first-order valence-electron chi connectivity index (χ1n) is 10.4. The van der Waals surface area contributed by atoms with Gasteiger partial charge < -0.3 is 15.6 Å². The number of carbonyl (C=O) groups is 1. The zero-order chi connectivity index (χ0) is 22.9. The maximum atomic E-state index is 13.2. The van der Waals surface area contributed by atoms with Crippen LogP contribution in [0, 0.1) is 12.7 Å². The summed E-state index contributed by atoms with van der Waals surface area (Å²) < 4.78 is 16.6. The number of amides is 1. The highest BCUT2D eigenvalue weighted by Gasteiger charge is 2.17. The molecule has 9 nitrogen and oxygen atoms in total. The number of aliphatic imine (C=N–C) groups is 1. The third-order valence-corrected chi connectivity index (χ3v) is 5.45.